The summed E-state index contributed by atoms with van der Waals surface area (Å²) in [6.07, 6.45) is 46.7. The topological polar surface area (TPSA) is 108 Å². The Morgan fingerprint density at radius 1 is 0.571 bits per heavy atom. The lowest BCUT2D eigenvalue weighted by Gasteiger charge is -2.24. The van der Waals surface area contributed by atoms with Crippen molar-refractivity contribution in [2.75, 3.05) is 47.5 Å². The summed E-state index contributed by atoms with van der Waals surface area (Å²) < 4.78 is 34.2. The number of nitrogens with zero attached hydrogens (tertiary/aromatic N) is 1. The third-order valence-electron chi connectivity index (χ3n) is 8.72. The van der Waals surface area contributed by atoms with Crippen molar-refractivity contribution in [1.29, 1.82) is 0 Å². The number of quaternary nitrogens is 1. The van der Waals surface area contributed by atoms with E-state index in [0.717, 1.165) is 64.2 Å². The monoisotopic (exact) mass is 807 g/mol. The Hall–Kier alpha value is -2.55. The Balaban J connectivity index is 4.48. The van der Waals surface area contributed by atoms with Crippen LogP contribution in [-0.2, 0) is 32.7 Å². The fourth-order valence-corrected chi connectivity index (χ4v) is 6.08. The Morgan fingerprint density at radius 2 is 1.04 bits per heavy atom. The molecule has 0 spiro atoms. The second-order valence-corrected chi connectivity index (χ2v) is 16.8. The highest BCUT2D eigenvalue weighted by Gasteiger charge is 2.27. The van der Waals surface area contributed by atoms with Crippen molar-refractivity contribution in [1.82, 2.24) is 0 Å². The van der Waals surface area contributed by atoms with Crippen LogP contribution in [0.5, 0.6) is 0 Å². The molecule has 9 nitrogen and oxygen atoms in total. The van der Waals surface area contributed by atoms with E-state index in [1.54, 1.807) is 0 Å². The molecule has 0 aromatic rings. The Kier molecular flexibility index (Phi) is 36.3. The van der Waals surface area contributed by atoms with E-state index in [0.29, 0.717) is 23.9 Å². The number of carbonyl (C=O) groups excluding carboxylic acids is 2. The van der Waals surface area contributed by atoms with Crippen molar-refractivity contribution in [2.45, 2.75) is 161 Å². The van der Waals surface area contributed by atoms with Crippen molar-refractivity contribution in [2.24, 2.45) is 0 Å². The van der Waals surface area contributed by atoms with Gasteiger partial charge in [-0.15, -0.1) is 0 Å². The van der Waals surface area contributed by atoms with E-state index in [4.69, 9.17) is 18.5 Å². The van der Waals surface area contributed by atoms with Crippen LogP contribution in [0.1, 0.15) is 155 Å². The Bertz CT molecular complexity index is 1180. The van der Waals surface area contributed by atoms with Crippen LogP contribution in [0.25, 0.3) is 0 Å². The number of carbonyl (C=O) groups is 2. The third-order valence-corrected chi connectivity index (χ3v) is 9.70. The van der Waals surface area contributed by atoms with Gasteiger partial charge in [0.1, 0.15) is 19.8 Å². The van der Waals surface area contributed by atoms with Gasteiger partial charge in [0.2, 0.25) is 0 Å². The number of ether oxygens (including phenoxy) is 2. The lowest BCUT2D eigenvalue weighted by molar-refractivity contribution is -0.870. The van der Waals surface area contributed by atoms with Crippen LogP contribution >= 0.6 is 7.82 Å². The molecule has 0 aromatic carbocycles. The summed E-state index contributed by atoms with van der Waals surface area (Å²) in [5.41, 5.74) is 0. The molecule has 322 valence electrons. The zero-order chi connectivity index (χ0) is 41.4. The van der Waals surface area contributed by atoms with Gasteiger partial charge < -0.3 is 18.9 Å². The maximum atomic E-state index is 12.7. The van der Waals surface area contributed by atoms with E-state index in [9.17, 15) is 19.0 Å². The summed E-state index contributed by atoms with van der Waals surface area (Å²) in [6, 6.07) is 0. The van der Waals surface area contributed by atoms with Crippen molar-refractivity contribution in [3.63, 3.8) is 0 Å². The first-order valence-corrected chi connectivity index (χ1v) is 23.2. The van der Waals surface area contributed by atoms with Crippen molar-refractivity contribution < 1.29 is 42.1 Å². The lowest BCUT2D eigenvalue weighted by Crippen LogP contribution is -2.37. The molecule has 0 rings (SSSR count). The number of rotatable bonds is 38. The molecule has 0 aliphatic carbocycles. The third kappa shape index (κ3) is 41.1. The first-order chi connectivity index (χ1) is 27.0. The summed E-state index contributed by atoms with van der Waals surface area (Å²) in [5.74, 6) is -0.878. The summed E-state index contributed by atoms with van der Waals surface area (Å²) >= 11 is 0. The van der Waals surface area contributed by atoms with Crippen LogP contribution in [0.2, 0.25) is 0 Å². The lowest BCUT2D eigenvalue weighted by atomic mass is 10.1. The molecule has 1 N–H and O–H groups in total. The van der Waals surface area contributed by atoms with Gasteiger partial charge in [-0.2, -0.15) is 0 Å². The zero-order valence-electron chi connectivity index (χ0n) is 36.1. The van der Waals surface area contributed by atoms with E-state index < -0.39 is 32.5 Å². The zero-order valence-corrected chi connectivity index (χ0v) is 37.0. The van der Waals surface area contributed by atoms with Gasteiger partial charge in [-0.05, 0) is 77.0 Å². The van der Waals surface area contributed by atoms with Crippen LogP contribution in [0.3, 0.4) is 0 Å². The molecule has 0 amide bonds. The first kappa shape index (κ1) is 53.5. The number of phosphoric acid groups is 1. The van der Waals surface area contributed by atoms with E-state index in [1.807, 2.05) is 21.1 Å². The first-order valence-electron chi connectivity index (χ1n) is 21.7. The van der Waals surface area contributed by atoms with Crippen molar-refractivity contribution in [3.05, 3.63) is 72.9 Å². The Morgan fingerprint density at radius 3 is 1.59 bits per heavy atom. The molecule has 2 atom stereocenters. The van der Waals surface area contributed by atoms with Crippen LogP contribution < -0.4 is 0 Å². The average Bonchev–Trinajstić information content (AvgIpc) is 3.15. The number of allylic oxidation sites excluding steroid dienone is 12. The Labute approximate surface area is 342 Å². The maximum Gasteiger partial charge on any atom is 0.472 e. The minimum Gasteiger partial charge on any atom is -0.462 e. The molecule has 0 saturated heterocycles. The molecule has 0 aliphatic heterocycles. The molecule has 0 aliphatic rings. The predicted molar refractivity (Wildman–Crippen MR) is 233 cm³/mol. The molecule has 0 fully saturated rings. The standard InChI is InChI=1S/C46H80NO8P/c1-6-8-10-12-14-16-18-20-22-23-25-26-28-30-32-34-36-38-45(48)52-42-44(43-54-56(50,51)53-41-40-47(3,4)5)55-46(49)39-37-35-33-31-29-27-24-21-19-17-15-13-11-9-7-2/h8,10,14,16-17,19-20,22,25-26,30,32,44H,6-7,9,11-13,15,18,21,23-24,27-29,31,33-43H2,1-5H3/p+1/b10-8-,16-14-,19-17-,22-20-,26-25-,32-30-/t44-/m1/s1. The molecular weight excluding hydrogens is 725 g/mol. The second kappa shape index (κ2) is 38.0. The van der Waals surface area contributed by atoms with E-state index in [-0.39, 0.29) is 26.1 Å². The molecule has 1 unspecified atom stereocenters. The SMILES string of the molecule is CC/C=C\C/C=C\C/C=C\C/C=C\C/C=C\CCCC(=O)OC[C@H](COP(=O)(O)OCC[N+](C)(C)C)OC(=O)CCCCCCCCC/C=C\CCCCCC. The number of hydrogen-bond acceptors (Lipinski definition) is 7. The molecule has 0 bridgehead atoms. The largest absolute Gasteiger partial charge is 0.472 e. The van der Waals surface area contributed by atoms with Gasteiger partial charge in [0.25, 0.3) is 0 Å². The molecule has 56 heavy (non-hydrogen) atoms. The van der Waals surface area contributed by atoms with E-state index in [1.165, 1.54) is 51.4 Å². The molecule has 0 aromatic heterocycles. The van der Waals surface area contributed by atoms with Crippen LogP contribution in [0.4, 0.5) is 0 Å². The highest BCUT2D eigenvalue weighted by molar-refractivity contribution is 7.47. The minimum absolute atomic E-state index is 0.0187. The summed E-state index contributed by atoms with van der Waals surface area (Å²) in [6.45, 7) is 4.21. The fraction of sp³-hybridized carbons (Fsp3) is 0.696. The number of likely N-dealkylation sites (N-methyl/N-ethyl adjacent to an activating group) is 1. The quantitative estimate of drug-likeness (QED) is 0.0216. The van der Waals surface area contributed by atoms with Gasteiger partial charge in [-0.3, -0.25) is 18.6 Å². The van der Waals surface area contributed by atoms with Gasteiger partial charge in [0.05, 0.1) is 27.7 Å². The van der Waals surface area contributed by atoms with Gasteiger partial charge in [0.15, 0.2) is 6.10 Å². The van der Waals surface area contributed by atoms with Gasteiger partial charge in [-0.25, -0.2) is 4.57 Å². The predicted octanol–water partition coefficient (Wildman–Crippen LogP) is 12.2. The van der Waals surface area contributed by atoms with E-state index in [2.05, 4.69) is 86.8 Å². The van der Waals surface area contributed by atoms with Crippen LogP contribution in [-0.4, -0.2) is 74.9 Å². The van der Waals surface area contributed by atoms with Crippen LogP contribution in [0.15, 0.2) is 72.9 Å². The number of phosphoric ester groups is 1. The van der Waals surface area contributed by atoms with Gasteiger partial charge >= 0.3 is 19.8 Å². The summed E-state index contributed by atoms with van der Waals surface area (Å²) in [4.78, 5) is 35.3. The van der Waals surface area contributed by atoms with Gasteiger partial charge in [-0.1, -0.05) is 138 Å². The summed E-state index contributed by atoms with van der Waals surface area (Å²) in [5, 5.41) is 0. The fourth-order valence-electron chi connectivity index (χ4n) is 5.34. The number of hydrogen-bond donors (Lipinski definition) is 1. The van der Waals surface area contributed by atoms with Crippen molar-refractivity contribution in [3.8, 4) is 0 Å². The average molecular weight is 807 g/mol. The highest BCUT2D eigenvalue weighted by atomic mass is 31.2. The molecule has 10 heteroatoms. The van der Waals surface area contributed by atoms with E-state index >= 15 is 0 Å². The molecule has 0 saturated carbocycles. The molecular formula is C46H81NO8P+. The minimum atomic E-state index is -4.39. The van der Waals surface area contributed by atoms with Gasteiger partial charge in [0, 0.05) is 12.8 Å². The second-order valence-electron chi connectivity index (χ2n) is 15.3. The molecule has 0 radical (unpaired) electrons. The number of esters is 2. The normalized spacial score (nSPS) is 14.3. The molecule has 0 heterocycles. The van der Waals surface area contributed by atoms with Crippen LogP contribution in [0, 0.1) is 0 Å². The maximum absolute atomic E-state index is 12.7. The smallest absolute Gasteiger partial charge is 0.462 e. The highest BCUT2D eigenvalue weighted by Crippen LogP contribution is 2.43. The number of unbranched alkanes of at least 4 members (excludes halogenated alkanes) is 12. The van der Waals surface area contributed by atoms with Crippen molar-refractivity contribution >= 4 is 19.8 Å². The summed E-state index contributed by atoms with van der Waals surface area (Å²) in [7, 11) is 1.43.